The van der Waals surface area contributed by atoms with E-state index in [1.165, 1.54) is 11.3 Å². The van der Waals surface area contributed by atoms with Crippen molar-refractivity contribution in [2.75, 3.05) is 11.5 Å². The van der Waals surface area contributed by atoms with Gasteiger partial charge in [-0.3, -0.25) is 0 Å². The summed E-state index contributed by atoms with van der Waals surface area (Å²) in [7, 11) is 0. The zero-order valence-electron chi connectivity index (χ0n) is 6.43. The fourth-order valence-corrected chi connectivity index (χ4v) is 1.56. The molecular weight excluding hydrogens is 212 g/mol. The molecule has 7 heteroatoms. The molecule has 0 bridgehead atoms. The summed E-state index contributed by atoms with van der Waals surface area (Å²) in [5.74, 6) is 0.375. The minimum atomic E-state index is 0. The van der Waals surface area contributed by atoms with Crippen LogP contribution in [0.3, 0.4) is 0 Å². The van der Waals surface area contributed by atoms with E-state index in [0.29, 0.717) is 11.6 Å². The largest absolute Gasteiger partial charge is 0.403 e. The molecule has 13 heavy (non-hydrogen) atoms. The Balaban J connectivity index is 0.000000845. The van der Waals surface area contributed by atoms with Gasteiger partial charge in [-0.15, -0.1) is 28.8 Å². The Morgan fingerprint density at radius 1 is 1.31 bits per heavy atom. The molecule has 2 heterocycles. The van der Waals surface area contributed by atoms with Gasteiger partial charge >= 0.3 is 6.01 Å². The summed E-state index contributed by atoms with van der Waals surface area (Å²) in [6, 6.07) is 1.83. The van der Waals surface area contributed by atoms with Crippen LogP contribution in [0.25, 0.3) is 10.8 Å². The van der Waals surface area contributed by atoms with Crippen molar-refractivity contribution in [1.29, 1.82) is 0 Å². The van der Waals surface area contributed by atoms with Crippen molar-refractivity contribution in [3.05, 3.63) is 11.4 Å². The second kappa shape index (κ2) is 3.63. The number of anilines is 2. The van der Waals surface area contributed by atoms with E-state index in [1.54, 1.807) is 6.07 Å². The van der Waals surface area contributed by atoms with Crippen LogP contribution in [0.4, 0.5) is 11.7 Å². The minimum Gasteiger partial charge on any atom is -0.403 e. The van der Waals surface area contributed by atoms with E-state index in [4.69, 9.17) is 15.9 Å². The van der Waals surface area contributed by atoms with Crippen LogP contribution < -0.4 is 11.5 Å². The van der Waals surface area contributed by atoms with Crippen molar-refractivity contribution in [3.63, 3.8) is 0 Å². The van der Waals surface area contributed by atoms with E-state index in [-0.39, 0.29) is 18.4 Å². The van der Waals surface area contributed by atoms with Gasteiger partial charge in [0.05, 0.1) is 5.69 Å². The smallest absolute Gasteiger partial charge is 0.313 e. The Hall–Kier alpha value is -1.27. The monoisotopic (exact) mass is 218 g/mol. The minimum absolute atomic E-state index is 0. The highest BCUT2D eigenvalue weighted by molar-refractivity contribution is 7.14. The molecule has 5 nitrogen and oxygen atoms in total. The van der Waals surface area contributed by atoms with Crippen LogP contribution in [0.1, 0.15) is 0 Å². The third kappa shape index (κ3) is 1.73. The van der Waals surface area contributed by atoms with Crippen molar-refractivity contribution in [2.45, 2.75) is 0 Å². The summed E-state index contributed by atoms with van der Waals surface area (Å²) < 4.78 is 4.99. The summed E-state index contributed by atoms with van der Waals surface area (Å²) in [5, 5.41) is 9.09. The first-order valence-electron chi connectivity index (χ1n) is 3.19. The van der Waals surface area contributed by atoms with E-state index >= 15 is 0 Å². The summed E-state index contributed by atoms with van der Waals surface area (Å²) in [5.41, 5.74) is 11.5. The predicted molar refractivity (Wildman–Crippen MR) is 53.7 cm³/mol. The molecule has 0 saturated heterocycles. The first-order valence-corrected chi connectivity index (χ1v) is 4.07. The maximum atomic E-state index is 5.62. The van der Waals surface area contributed by atoms with Crippen LogP contribution >= 0.6 is 23.7 Å². The number of nitrogens with zero attached hydrogens (tertiary/aromatic N) is 2. The molecule has 2 aromatic heterocycles. The van der Waals surface area contributed by atoms with Crippen LogP contribution in [-0.2, 0) is 0 Å². The second-order valence-corrected chi connectivity index (χ2v) is 3.07. The lowest BCUT2D eigenvalue weighted by molar-refractivity contribution is 0.592. The number of thiophene rings is 1. The van der Waals surface area contributed by atoms with Gasteiger partial charge in [0.1, 0.15) is 4.88 Å². The van der Waals surface area contributed by atoms with Crippen LogP contribution in [0, 0.1) is 0 Å². The molecule has 2 rings (SSSR count). The van der Waals surface area contributed by atoms with Gasteiger partial charge in [0.2, 0.25) is 0 Å². The molecule has 0 fully saturated rings. The lowest BCUT2D eigenvalue weighted by Gasteiger charge is -1.88. The fraction of sp³-hybridized carbons (Fsp3) is 0. The zero-order chi connectivity index (χ0) is 8.55. The number of aromatic nitrogens is 2. The quantitative estimate of drug-likeness (QED) is 0.755. The van der Waals surface area contributed by atoms with Gasteiger partial charge in [-0.05, 0) is 11.4 Å². The summed E-state index contributed by atoms with van der Waals surface area (Å²) in [6.07, 6.45) is 0. The van der Waals surface area contributed by atoms with Crippen molar-refractivity contribution in [2.24, 2.45) is 0 Å². The first kappa shape index (κ1) is 9.82. The van der Waals surface area contributed by atoms with Crippen LogP contribution in [-0.4, -0.2) is 10.2 Å². The fourth-order valence-electron chi connectivity index (χ4n) is 0.819. The number of hydrogen-bond donors (Lipinski definition) is 2. The Labute approximate surface area is 84.2 Å². The third-order valence-electron chi connectivity index (χ3n) is 1.33. The number of nitrogen functional groups attached to an aromatic ring is 2. The lowest BCUT2D eigenvalue weighted by Crippen LogP contribution is -1.83. The molecule has 0 atom stereocenters. The molecule has 0 aliphatic heterocycles. The van der Waals surface area contributed by atoms with Gasteiger partial charge in [-0.25, -0.2) is 0 Å². The van der Waals surface area contributed by atoms with Crippen LogP contribution in [0.2, 0.25) is 0 Å². The molecule has 70 valence electrons. The molecule has 0 saturated carbocycles. The van der Waals surface area contributed by atoms with E-state index in [9.17, 15) is 0 Å². The number of nitrogens with two attached hydrogens (primary N) is 2. The predicted octanol–water partition coefficient (Wildman–Crippen LogP) is 1.38. The van der Waals surface area contributed by atoms with Crippen LogP contribution in [0.5, 0.6) is 0 Å². The molecule has 0 aliphatic rings. The van der Waals surface area contributed by atoms with E-state index in [1.807, 2.05) is 5.38 Å². The Bertz CT molecular complexity index is 399. The molecule has 0 aliphatic carbocycles. The molecular formula is C6H7ClN4OS. The van der Waals surface area contributed by atoms with Gasteiger partial charge in [-0.1, -0.05) is 5.10 Å². The van der Waals surface area contributed by atoms with E-state index in [0.717, 1.165) is 4.88 Å². The highest BCUT2D eigenvalue weighted by Crippen LogP contribution is 2.30. The standard InChI is InChI=1S/C6H6N4OS.ClH/c7-3-1-2-12-4(3)5-9-10-6(8)11-5;/h1-2H,7H2,(H2,8,10);1H. The summed E-state index contributed by atoms with van der Waals surface area (Å²) >= 11 is 1.44. The van der Waals surface area contributed by atoms with Gasteiger partial charge < -0.3 is 15.9 Å². The SMILES string of the molecule is Cl.Nc1nnc(-c2sccc2N)o1. The average molecular weight is 219 g/mol. The Kier molecular flexibility index (Phi) is 2.74. The van der Waals surface area contributed by atoms with Crippen molar-refractivity contribution >= 4 is 35.4 Å². The summed E-state index contributed by atoms with van der Waals surface area (Å²) in [4.78, 5) is 0.763. The molecule has 0 unspecified atom stereocenters. The maximum absolute atomic E-state index is 5.62. The first-order chi connectivity index (χ1) is 5.77. The Morgan fingerprint density at radius 3 is 2.54 bits per heavy atom. The summed E-state index contributed by atoms with van der Waals surface area (Å²) in [6.45, 7) is 0. The number of rotatable bonds is 1. The molecule has 0 spiro atoms. The average Bonchev–Trinajstić information content (AvgIpc) is 2.58. The van der Waals surface area contributed by atoms with Crippen molar-refractivity contribution < 1.29 is 4.42 Å². The maximum Gasteiger partial charge on any atom is 0.313 e. The molecule has 0 amide bonds. The van der Waals surface area contributed by atoms with Gasteiger partial charge in [0.15, 0.2) is 0 Å². The topological polar surface area (TPSA) is 91.0 Å². The van der Waals surface area contributed by atoms with Gasteiger partial charge in [0.25, 0.3) is 5.89 Å². The third-order valence-corrected chi connectivity index (χ3v) is 2.25. The number of hydrogen-bond acceptors (Lipinski definition) is 6. The van der Waals surface area contributed by atoms with Crippen LogP contribution in [0.15, 0.2) is 15.9 Å². The zero-order valence-corrected chi connectivity index (χ0v) is 8.06. The molecule has 4 N–H and O–H groups in total. The van der Waals surface area contributed by atoms with E-state index in [2.05, 4.69) is 10.2 Å². The molecule has 0 aromatic carbocycles. The lowest BCUT2D eigenvalue weighted by atomic mass is 10.4. The van der Waals surface area contributed by atoms with Gasteiger partial charge in [-0.2, -0.15) is 0 Å². The van der Waals surface area contributed by atoms with Crippen molar-refractivity contribution in [3.8, 4) is 10.8 Å². The molecule has 2 aromatic rings. The van der Waals surface area contributed by atoms with E-state index < -0.39 is 0 Å². The second-order valence-electron chi connectivity index (χ2n) is 2.15. The normalized spacial score (nSPS) is 9.54. The Morgan fingerprint density at radius 2 is 2.08 bits per heavy atom. The number of halogens is 1. The van der Waals surface area contributed by atoms with Crippen molar-refractivity contribution in [1.82, 2.24) is 10.2 Å². The highest BCUT2D eigenvalue weighted by atomic mass is 35.5. The van der Waals surface area contributed by atoms with Gasteiger partial charge in [0, 0.05) is 0 Å². The molecule has 0 radical (unpaired) electrons. The highest BCUT2D eigenvalue weighted by Gasteiger charge is 2.10.